The van der Waals surface area contributed by atoms with E-state index in [-0.39, 0.29) is 6.54 Å². The van der Waals surface area contributed by atoms with Gasteiger partial charge in [0.1, 0.15) is 12.3 Å². The van der Waals surface area contributed by atoms with E-state index in [2.05, 4.69) is 0 Å². The first-order valence-electron chi connectivity index (χ1n) is 5.73. The van der Waals surface area contributed by atoms with Crippen LogP contribution in [0.2, 0.25) is 0 Å². The number of benzene rings is 1. The molecule has 0 fully saturated rings. The van der Waals surface area contributed by atoms with Crippen molar-refractivity contribution in [3.8, 4) is 5.75 Å². The molecule has 5 nitrogen and oxygen atoms in total. The summed E-state index contributed by atoms with van der Waals surface area (Å²) in [6.45, 7) is 0.483. The second kappa shape index (κ2) is 5.10. The molecule has 0 aliphatic rings. The van der Waals surface area contributed by atoms with Crippen molar-refractivity contribution >= 4 is 16.9 Å². The maximum absolute atomic E-state index is 10.8. The van der Waals surface area contributed by atoms with Crippen LogP contribution in [0.25, 0.3) is 10.9 Å². The summed E-state index contributed by atoms with van der Waals surface area (Å²) < 4.78 is 6.91. The number of hydrogen-bond acceptors (Lipinski definition) is 3. The van der Waals surface area contributed by atoms with Gasteiger partial charge in [-0.1, -0.05) is 0 Å². The summed E-state index contributed by atoms with van der Waals surface area (Å²) in [6, 6.07) is 5.61. The Morgan fingerprint density at radius 3 is 2.89 bits per heavy atom. The van der Waals surface area contributed by atoms with Gasteiger partial charge in [0.15, 0.2) is 0 Å². The van der Waals surface area contributed by atoms with Gasteiger partial charge in [-0.25, -0.2) is 0 Å². The van der Waals surface area contributed by atoms with Crippen molar-refractivity contribution in [3.05, 3.63) is 30.0 Å². The van der Waals surface area contributed by atoms with E-state index < -0.39 is 5.97 Å². The molecule has 1 aromatic heterocycles. The van der Waals surface area contributed by atoms with Crippen LogP contribution in [0.15, 0.2) is 24.4 Å². The monoisotopic (exact) mass is 248 g/mol. The van der Waals surface area contributed by atoms with Crippen LogP contribution in [0, 0.1) is 0 Å². The van der Waals surface area contributed by atoms with E-state index in [1.807, 2.05) is 24.4 Å². The molecule has 0 spiro atoms. The van der Waals surface area contributed by atoms with Crippen molar-refractivity contribution in [2.45, 2.75) is 13.0 Å². The molecule has 1 heterocycles. The molecule has 18 heavy (non-hydrogen) atoms. The highest BCUT2D eigenvalue weighted by molar-refractivity contribution is 5.86. The Morgan fingerprint density at radius 2 is 2.28 bits per heavy atom. The van der Waals surface area contributed by atoms with Crippen molar-refractivity contribution in [2.24, 2.45) is 5.73 Å². The molecule has 0 atom stereocenters. The van der Waals surface area contributed by atoms with Gasteiger partial charge in [0.2, 0.25) is 0 Å². The molecule has 0 aliphatic heterocycles. The molecule has 2 rings (SSSR count). The Labute approximate surface area is 105 Å². The number of rotatable bonds is 5. The molecule has 1 aromatic carbocycles. The highest BCUT2D eigenvalue weighted by Gasteiger charge is 2.11. The van der Waals surface area contributed by atoms with E-state index in [1.54, 1.807) is 11.7 Å². The number of methoxy groups -OCH3 is 1. The molecule has 0 unspecified atom stereocenters. The molecule has 0 aliphatic carbocycles. The van der Waals surface area contributed by atoms with E-state index in [4.69, 9.17) is 15.6 Å². The Balaban J connectivity index is 2.56. The minimum atomic E-state index is -0.859. The largest absolute Gasteiger partial charge is 0.497 e. The number of hydrogen-bond donors (Lipinski definition) is 2. The fourth-order valence-corrected chi connectivity index (χ4v) is 2.11. The predicted molar refractivity (Wildman–Crippen MR) is 68.9 cm³/mol. The van der Waals surface area contributed by atoms with Gasteiger partial charge in [-0.3, -0.25) is 4.79 Å². The fourth-order valence-electron chi connectivity index (χ4n) is 2.11. The van der Waals surface area contributed by atoms with E-state index in [1.165, 1.54) is 0 Å². The van der Waals surface area contributed by atoms with Crippen LogP contribution in [0.4, 0.5) is 0 Å². The number of carboxylic acids is 1. The summed E-state index contributed by atoms with van der Waals surface area (Å²) in [5.41, 5.74) is 7.51. The average molecular weight is 248 g/mol. The SMILES string of the molecule is COc1ccc2c(c1)c(CCN)cn2CC(=O)O. The first-order valence-corrected chi connectivity index (χ1v) is 5.73. The first kappa shape index (κ1) is 12.4. The lowest BCUT2D eigenvalue weighted by Crippen LogP contribution is -2.07. The molecule has 0 saturated heterocycles. The molecule has 0 amide bonds. The Bertz CT molecular complexity index is 575. The van der Waals surface area contributed by atoms with Gasteiger partial charge in [-0.15, -0.1) is 0 Å². The standard InChI is InChI=1S/C13H16N2O3/c1-18-10-2-3-12-11(6-10)9(4-5-14)7-15(12)8-13(16)17/h2-3,6-7H,4-5,8,14H2,1H3,(H,16,17). The molecular formula is C13H16N2O3. The number of aromatic nitrogens is 1. The van der Waals surface area contributed by atoms with Crippen molar-refractivity contribution in [1.29, 1.82) is 0 Å². The lowest BCUT2D eigenvalue weighted by molar-refractivity contribution is -0.137. The van der Waals surface area contributed by atoms with Gasteiger partial charge in [0, 0.05) is 17.1 Å². The number of carbonyl (C=O) groups is 1. The zero-order chi connectivity index (χ0) is 13.1. The van der Waals surface area contributed by atoms with Crippen LogP contribution in [-0.4, -0.2) is 29.3 Å². The first-order chi connectivity index (χ1) is 8.65. The van der Waals surface area contributed by atoms with Crippen LogP contribution in [0.1, 0.15) is 5.56 Å². The summed E-state index contributed by atoms with van der Waals surface area (Å²) in [6.07, 6.45) is 2.57. The number of fused-ring (bicyclic) bond motifs is 1. The van der Waals surface area contributed by atoms with Gasteiger partial charge < -0.3 is 20.1 Å². The Morgan fingerprint density at radius 1 is 1.50 bits per heavy atom. The number of nitrogens with zero attached hydrogens (tertiary/aromatic N) is 1. The lowest BCUT2D eigenvalue weighted by atomic mass is 10.1. The third-order valence-corrected chi connectivity index (χ3v) is 2.89. The van der Waals surface area contributed by atoms with Crippen molar-refractivity contribution in [3.63, 3.8) is 0 Å². The second-order valence-corrected chi connectivity index (χ2v) is 4.10. The van der Waals surface area contributed by atoms with Gasteiger partial charge in [0.05, 0.1) is 7.11 Å². The number of ether oxygens (including phenoxy) is 1. The Kier molecular flexibility index (Phi) is 3.53. The maximum atomic E-state index is 10.8. The Hall–Kier alpha value is -2.01. The maximum Gasteiger partial charge on any atom is 0.323 e. The zero-order valence-electron chi connectivity index (χ0n) is 10.2. The fraction of sp³-hybridized carbons (Fsp3) is 0.308. The molecule has 2 aromatic rings. The third-order valence-electron chi connectivity index (χ3n) is 2.89. The van der Waals surface area contributed by atoms with Crippen molar-refractivity contribution in [2.75, 3.05) is 13.7 Å². The third kappa shape index (κ3) is 2.31. The van der Waals surface area contributed by atoms with Crippen LogP contribution < -0.4 is 10.5 Å². The molecule has 5 heteroatoms. The van der Waals surface area contributed by atoms with Crippen LogP contribution in [0.3, 0.4) is 0 Å². The second-order valence-electron chi connectivity index (χ2n) is 4.10. The van der Waals surface area contributed by atoms with Gasteiger partial charge in [-0.2, -0.15) is 0 Å². The zero-order valence-corrected chi connectivity index (χ0v) is 10.2. The minimum Gasteiger partial charge on any atom is -0.497 e. The quantitative estimate of drug-likeness (QED) is 0.834. The summed E-state index contributed by atoms with van der Waals surface area (Å²) >= 11 is 0. The van der Waals surface area contributed by atoms with Crippen LogP contribution >= 0.6 is 0 Å². The van der Waals surface area contributed by atoms with E-state index in [0.29, 0.717) is 6.54 Å². The number of carboxylic acid groups (broad SMARTS) is 1. The van der Waals surface area contributed by atoms with Crippen molar-refractivity contribution in [1.82, 2.24) is 4.57 Å². The van der Waals surface area contributed by atoms with E-state index in [9.17, 15) is 4.79 Å². The highest BCUT2D eigenvalue weighted by Crippen LogP contribution is 2.26. The predicted octanol–water partition coefficient (Wildman–Crippen LogP) is 1.24. The number of aliphatic carboxylic acids is 1. The van der Waals surface area contributed by atoms with Gasteiger partial charge >= 0.3 is 5.97 Å². The summed E-state index contributed by atoms with van der Waals surface area (Å²) in [7, 11) is 1.61. The summed E-state index contributed by atoms with van der Waals surface area (Å²) in [5.74, 6) is -0.101. The number of nitrogens with two attached hydrogens (primary N) is 1. The normalized spacial score (nSPS) is 10.8. The topological polar surface area (TPSA) is 77.5 Å². The summed E-state index contributed by atoms with van der Waals surface area (Å²) in [4.78, 5) is 10.8. The van der Waals surface area contributed by atoms with Gasteiger partial charge in [0.25, 0.3) is 0 Å². The molecule has 0 saturated carbocycles. The highest BCUT2D eigenvalue weighted by atomic mass is 16.5. The lowest BCUT2D eigenvalue weighted by Gasteiger charge is -2.03. The summed E-state index contributed by atoms with van der Waals surface area (Å²) in [5, 5.41) is 9.90. The molecule has 0 radical (unpaired) electrons. The van der Waals surface area contributed by atoms with Crippen molar-refractivity contribution < 1.29 is 14.6 Å². The van der Waals surface area contributed by atoms with E-state index in [0.717, 1.165) is 28.6 Å². The average Bonchev–Trinajstić information content (AvgIpc) is 2.67. The van der Waals surface area contributed by atoms with Crippen LogP contribution in [-0.2, 0) is 17.8 Å². The molecule has 3 N–H and O–H groups in total. The smallest absolute Gasteiger partial charge is 0.323 e. The molecule has 96 valence electrons. The minimum absolute atomic E-state index is 0.0482. The molecular weight excluding hydrogens is 232 g/mol. The van der Waals surface area contributed by atoms with Gasteiger partial charge in [-0.05, 0) is 36.7 Å². The molecule has 0 bridgehead atoms. The van der Waals surface area contributed by atoms with Crippen LogP contribution in [0.5, 0.6) is 5.75 Å². The van der Waals surface area contributed by atoms with E-state index >= 15 is 0 Å².